The first-order valence-electron chi connectivity index (χ1n) is 5.00. The van der Waals surface area contributed by atoms with E-state index in [9.17, 15) is 9.18 Å². The van der Waals surface area contributed by atoms with Gasteiger partial charge < -0.3 is 0 Å². The van der Waals surface area contributed by atoms with E-state index in [1.165, 1.54) is 29.1 Å². The minimum atomic E-state index is -0.459. The molecule has 0 aliphatic rings. The quantitative estimate of drug-likeness (QED) is 0.778. The van der Waals surface area contributed by atoms with Crippen molar-refractivity contribution < 1.29 is 4.39 Å². The zero-order chi connectivity index (χ0) is 13.1. The molecular weight excluding hydrogens is 257 g/mol. The van der Waals surface area contributed by atoms with Crippen molar-refractivity contribution in [3.8, 4) is 6.07 Å². The minimum absolute atomic E-state index is 0.0731. The summed E-state index contributed by atoms with van der Waals surface area (Å²) in [6.07, 6.45) is 1.26. The molecule has 0 aliphatic carbocycles. The van der Waals surface area contributed by atoms with E-state index in [1.54, 1.807) is 0 Å². The third kappa shape index (κ3) is 2.55. The molecule has 0 unspecified atom stereocenters. The van der Waals surface area contributed by atoms with Gasteiger partial charge in [0.25, 0.3) is 5.56 Å². The van der Waals surface area contributed by atoms with E-state index in [1.807, 2.05) is 6.07 Å². The molecular formula is C12H7ClFN3O. The van der Waals surface area contributed by atoms with Crippen LogP contribution in [-0.4, -0.2) is 9.55 Å². The van der Waals surface area contributed by atoms with Gasteiger partial charge in [-0.3, -0.25) is 9.36 Å². The van der Waals surface area contributed by atoms with Crippen LogP contribution in [0.3, 0.4) is 0 Å². The molecule has 0 atom stereocenters. The van der Waals surface area contributed by atoms with Gasteiger partial charge in [-0.2, -0.15) is 5.26 Å². The van der Waals surface area contributed by atoms with Crippen molar-refractivity contribution in [2.24, 2.45) is 0 Å². The van der Waals surface area contributed by atoms with Crippen LogP contribution < -0.4 is 5.56 Å². The van der Waals surface area contributed by atoms with Crippen LogP contribution in [0.1, 0.15) is 11.1 Å². The molecule has 90 valence electrons. The molecule has 0 radical (unpaired) electrons. The van der Waals surface area contributed by atoms with E-state index in [-0.39, 0.29) is 17.3 Å². The molecule has 2 aromatic rings. The van der Waals surface area contributed by atoms with E-state index in [0.717, 1.165) is 6.07 Å². The number of benzene rings is 1. The number of nitriles is 1. The third-order valence-corrected chi connectivity index (χ3v) is 2.58. The minimum Gasteiger partial charge on any atom is -0.295 e. The van der Waals surface area contributed by atoms with Gasteiger partial charge in [-0.1, -0.05) is 11.6 Å². The SMILES string of the molecule is N#Cc1ccc(F)cc1Cn1cnc(Cl)cc1=O. The summed E-state index contributed by atoms with van der Waals surface area (Å²) >= 11 is 5.57. The fourth-order valence-corrected chi connectivity index (χ4v) is 1.65. The molecule has 1 heterocycles. The van der Waals surface area contributed by atoms with Gasteiger partial charge in [-0.15, -0.1) is 0 Å². The van der Waals surface area contributed by atoms with Gasteiger partial charge in [0, 0.05) is 6.07 Å². The Balaban J connectivity index is 2.43. The molecule has 4 nitrogen and oxygen atoms in total. The highest BCUT2D eigenvalue weighted by Gasteiger charge is 2.06. The van der Waals surface area contributed by atoms with Gasteiger partial charge in [-0.05, 0) is 23.8 Å². The first-order valence-corrected chi connectivity index (χ1v) is 5.38. The second-order valence-corrected chi connectivity index (χ2v) is 3.98. The largest absolute Gasteiger partial charge is 0.295 e. The Bertz CT molecular complexity index is 690. The van der Waals surface area contributed by atoms with Crippen LogP contribution in [0.4, 0.5) is 4.39 Å². The fraction of sp³-hybridized carbons (Fsp3) is 0.0833. The summed E-state index contributed by atoms with van der Waals surface area (Å²) in [5.74, 6) is -0.459. The summed E-state index contributed by atoms with van der Waals surface area (Å²) in [6, 6.07) is 6.90. The average molecular weight is 264 g/mol. The van der Waals surface area contributed by atoms with Gasteiger partial charge in [0.15, 0.2) is 0 Å². The average Bonchev–Trinajstić information content (AvgIpc) is 2.33. The van der Waals surface area contributed by atoms with E-state index in [2.05, 4.69) is 4.98 Å². The molecule has 0 amide bonds. The molecule has 0 bridgehead atoms. The monoisotopic (exact) mass is 263 g/mol. The zero-order valence-electron chi connectivity index (χ0n) is 9.10. The number of halogens is 2. The summed E-state index contributed by atoms with van der Waals surface area (Å²) in [5.41, 5.74) is 0.380. The van der Waals surface area contributed by atoms with Crippen LogP contribution in [0.25, 0.3) is 0 Å². The van der Waals surface area contributed by atoms with Gasteiger partial charge in [0.05, 0.1) is 24.5 Å². The van der Waals surface area contributed by atoms with E-state index in [0.29, 0.717) is 11.1 Å². The van der Waals surface area contributed by atoms with Crippen LogP contribution in [0.5, 0.6) is 0 Å². The number of nitrogens with zero attached hydrogens (tertiary/aromatic N) is 3. The maximum atomic E-state index is 13.1. The van der Waals surface area contributed by atoms with E-state index in [4.69, 9.17) is 16.9 Å². The standard InChI is InChI=1S/C12H7ClFN3O/c13-11-4-12(18)17(7-16-11)6-9-3-10(14)2-1-8(9)5-15/h1-4,7H,6H2. The van der Waals surface area contributed by atoms with Crippen molar-refractivity contribution in [2.75, 3.05) is 0 Å². The lowest BCUT2D eigenvalue weighted by molar-refractivity contribution is 0.622. The predicted octanol–water partition coefficient (Wildman–Crippen LogP) is 1.96. The normalized spacial score (nSPS) is 10.1. The van der Waals surface area contributed by atoms with Crippen molar-refractivity contribution in [1.82, 2.24) is 9.55 Å². The van der Waals surface area contributed by atoms with Crippen molar-refractivity contribution in [3.63, 3.8) is 0 Å². The van der Waals surface area contributed by atoms with Crippen molar-refractivity contribution in [2.45, 2.75) is 6.54 Å². The summed E-state index contributed by atoms with van der Waals surface area (Å²) < 4.78 is 14.4. The topological polar surface area (TPSA) is 58.7 Å². The molecule has 0 saturated heterocycles. The van der Waals surface area contributed by atoms with Gasteiger partial charge >= 0.3 is 0 Å². The van der Waals surface area contributed by atoms with Crippen LogP contribution >= 0.6 is 11.6 Å². The summed E-state index contributed by atoms with van der Waals surface area (Å²) in [6.45, 7) is 0.0731. The lowest BCUT2D eigenvalue weighted by Gasteiger charge is -2.06. The fourth-order valence-electron chi connectivity index (χ4n) is 1.51. The number of aromatic nitrogens is 2. The first kappa shape index (κ1) is 12.3. The molecule has 1 aromatic carbocycles. The van der Waals surface area contributed by atoms with Crippen molar-refractivity contribution >= 4 is 11.6 Å². The van der Waals surface area contributed by atoms with Gasteiger partial charge in [-0.25, -0.2) is 9.37 Å². The highest BCUT2D eigenvalue weighted by molar-refractivity contribution is 6.29. The predicted molar refractivity (Wildman–Crippen MR) is 63.7 cm³/mol. The molecule has 0 fully saturated rings. The van der Waals surface area contributed by atoms with Crippen LogP contribution in [0, 0.1) is 17.1 Å². The van der Waals surface area contributed by atoms with E-state index >= 15 is 0 Å². The smallest absolute Gasteiger partial charge is 0.255 e. The van der Waals surface area contributed by atoms with Gasteiger partial charge in [0.1, 0.15) is 11.0 Å². The maximum absolute atomic E-state index is 13.1. The Labute approximate surface area is 107 Å². The second-order valence-electron chi connectivity index (χ2n) is 3.59. The molecule has 1 aromatic heterocycles. The number of rotatable bonds is 2. The third-order valence-electron chi connectivity index (χ3n) is 2.37. The lowest BCUT2D eigenvalue weighted by Crippen LogP contribution is -2.20. The molecule has 2 rings (SSSR count). The van der Waals surface area contributed by atoms with Crippen LogP contribution in [-0.2, 0) is 6.54 Å². The molecule has 0 spiro atoms. The van der Waals surface area contributed by atoms with Crippen molar-refractivity contribution in [3.05, 3.63) is 63.0 Å². The molecule has 0 aliphatic heterocycles. The number of hydrogen-bond acceptors (Lipinski definition) is 3. The zero-order valence-corrected chi connectivity index (χ0v) is 9.86. The molecule has 0 N–H and O–H groups in total. The number of hydrogen-bond donors (Lipinski definition) is 0. The first-order chi connectivity index (χ1) is 8.60. The summed E-state index contributed by atoms with van der Waals surface area (Å²) in [5, 5.41) is 9.00. The molecule has 0 saturated carbocycles. The van der Waals surface area contributed by atoms with Crippen LogP contribution in [0.15, 0.2) is 35.4 Å². The van der Waals surface area contributed by atoms with Gasteiger partial charge in [0.2, 0.25) is 0 Å². The highest BCUT2D eigenvalue weighted by Crippen LogP contribution is 2.11. The maximum Gasteiger partial charge on any atom is 0.255 e. The Morgan fingerprint density at radius 2 is 2.22 bits per heavy atom. The van der Waals surface area contributed by atoms with Crippen molar-refractivity contribution in [1.29, 1.82) is 5.26 Å². The Morgan fingerprint density at radius 3 is 2.89 bits per heavy atom. The Kier molecular flexibility index (Phi) is 3.40. The summed E-state index contributed by atoms with van der Waals surface area (Å²) in [7, 11) is 0. The highest BCUT2D eigenvalue weighted by atomic mass is 35.5. The Morgan fingerprint density at radius 1 is 1.44 bits per heavy atom. The van der Waals surface area contributed by atoms with E-state index < -0.39 is 5.82 Å². The van der Waals surface area contributed by atoms with Crippen LogP contribution in [0.2, 0.25) is 5.15 Å². The Hall–Kier alpha value is -2.19. The lowest BCUT2D eigenvalue weighted by atomic mass is 10.1. The molecule has 6 heteroatoms. The summed E-state index contributed by atoms with van der Waals surface area (Å²) in [4.78, 5) is 15.4. The molecule has 18 heavy (non-hydrogen) atoms. The second kappa shape index (κ2) is 4.98.